The van der Waals surface area contributed by atoms with Crippen molar-refractivity contribution in [1.82, 2.24) is 5.32 Å². The fourth-order valence-electron chi connectivity index (χ4n) is 4.09. The molecule has 0 aliphatic rings. The van der Waals surface area contributed by atoms with E-state index in [9.17, 15) is 14.4 Å². The van der Waals surface area contributed by atoms with Gasteiger partial charge < -0.3 is 16.0 Å². The van der Waals surface area contributed by atoms with Crippen LogP contribution in [0, 0.1) is 20.8 Å². The van der Waals surface area contributed by atoms with Crippen molar-refractivity contribution in [3.63, 3.8) is 0 Å². The standard InChI is InChI=1S/C34H33N3O3S/c1-22-11-8-13-26(19-22)20-31(37-33(39)27-14-6-5-7-15-27)34(40)35-28-16-10-17-29(21-28)41-25(4)32(38)36-30-18-9-12-23(2)24(30)3/h5-21,25H,1-4H3,(H,35,40)(H,36,38)(H,37,39)/b31-20+. The molecule has 0 aromatic heterocycles. The van der Waals surface area contributed by atoms with Crippen LogP contribution in [0.3, 0.4) is 0 Å². The molecule has 4 aromatic carbocycles. The highest BCUT2D eigenvalue weighted by molar-refractivity contribution is 8.00. The number of nitrogens with one attached hydrogen (secondary N) is 3. The maximum atomic E-state index is 13.4. The molecule has 0 aliphatic heterocycles. The van der Waals surface area contributed by atoms with Gasteiger partial charge in [-0.2, -0.15) is 0 Å². The number of hydrogen-bond donors (Lipinski definition) is 3. The predicted molar refractivity (Wildman–Crippen MR) is 168 cm³/mol. The Balaban J connectivity index is 1.48. The molecule has 7 heteroatoms. The van der Waals surface area contributed by atoms with Crippen LogP contribution in [0.15, 0.2) is 108 Å². The van der Waals surface area contributed by atoms with Crippen LogP contribution in [0.25, 0.3) is 6.08 Å². The van der Waals surface area contributed by atoms with Crippen molar-refractivity contribution >= 4 is 46.9 Å². The summed E-state index contributed by atoms with van der Waals surface area (Å²) in [5.41, 5.74) is 5.88. The summed E-state index contributed by atoms with van der Waals surface area (Å²) < 4.78 is 0. The molecule has 6 nitrogen and oxygen atoms in total. The van der Waals surface area contributed by atoms with Gasteiger partial charge in [-0.25, -0.2) is 0 Å². The van der Waals surface area contributed by atoms with Crippen molar-refractivity contribution in [2.24, 2.45) is 0 Å². The predicted octanol–water partition coefficient (Wildman–Crippen LogP) is 7.14. The van der Waals surface area contributed by atoms with Crippen LogP contribution < -0.4 is 16.0 Å². The smallest absolute Gasteiger partial charge is 0.272 e. The van der Waals surface area contributed by atoms with E-state index in [4.69, 9.17) is 0 Å². The summed E-state index contributed by atoms with van der Waals surface area (Å²) in [5, 5.41) is 8.30. The van der Waals surface area contributed by atoms with E-state index in [2.05, 4.69) is 16.0 Å². The van der Waals surface area contributed by atoms with E-state index in [0.29, 0.717) is 11.3 Å². The van der Waals surface area contributed by atoms with Gasteiger partial charge in [-0.1, -0.05) is 66.2 Å². The van der Waals surface area contributed by atoms with Gasteiger partial charge in [0.1, 0.15) is 5.70 Å². The summed E-state index contributed by atoms with van der Waals surface area (Å²) in [5.74, 6) is -0.948. The van der Waals surface area contributed by atoms with Crippen molar-refractivity contribution in [3.05, 3.63) is 131 Å². The summed E-state index contributed by atoms with van der Waals surface area (Å²) in [6.45, 7) is 7.81. The highest BCUT2D eigenvalue weighted by Crippen LogP contribution is 2.28. The maximum absolute atomic E-state index is 13.4. The van der Waals surface area contributed by atoms with Crippen molar-refractivity contribution in [1.29, 1.82) is 0 Å². The van der Waals surface area contributed by atoms with Crippen molar-refractivity contribution in [3.8, 4) is 0 Å². The normalized spacial score (nSPS) is 11.9. The molecule has 1 atom stereocenters. The van der Waals surface area contributed by atoms with E-state index in [1.165, 1.54) is 11.8 Å². The molecule has 0 radical (unpaired) electrons. The Hall–Kier alpha value is -4.62. The van der Waals surface area contributed by atoms with Crippen LogP contribution >= 0.6 is 11.8 Å². The zero-order chi connectivity index (χ0) is 29.4. The number of benzene rings is 4. The summed E-state index contributed by atoms with van der Waals surface area (Å²) in [7, 11) is 0. The molecule has 208 valence electrons. The number of carbonyl (C=O) groups excluding carboxylic acids is 3. The molecule has 3 amide bonds. The average molecular weight is 564 g/mol. The minimum Gasteiger partial charge on any atom is -0.325 e. The molecular formula is C34H33N3O3S. The molecule has 41 heavy (non-hydrogen) atoms. The van der Waals surface area contributed by atoms with Gasteiger partial charge in [-0.3, -0.25) is 14.4 Å². The molecule has 0 fully saturated rings. The molecule has 0 spiro atoms. The number of rotatable bonds is 9. The number of hydrogen-bond acceptors (Lipinski definition) is 4. The van der Waals surface area contributed by atoms with Gasteiger partial charge in [0.05, 0.1) is 5.25 Å². The summed E-state index contributed by atoms with van der Waals surface area (Å²) in [6.07, 6.45) is 1.65. The molecule has 4 aromatic rings. The van der Waals surface area contributed by atoms with E-state index in [-0.39, 0.29) is 22.8 Å². The zero-order valence-corrected chi connectivity index (χ0v) is 24.3. The average Bonchev–Trinajstić information content (AvgIpc) is 2.95. The lowest BCUT2D eigenvalue weighted by atomic mass is 10.1. The topological polar surface area (TPSA) is 87.3 Å². The molecular weight excluding hydrogens is 530 g/mol. The Morgan fingerprint density at radius 1 is 0.780 bits per heavy atom. The first-order valence-corrected chi connectivity index (χ1v) is 14.2. The van der Waals surface area contributed by atoms with E-state index in [1.54, 1.807) is 36.4 Å². The van der Waals surface area contributed by atoms with Crippen molar-refractivity contribution < 1.29 is 14.4 Å². The van der Waals surface area contributed by atoms with E-state index >= 15 is 0 Å². The highest BCUT2D eigenvalue weighted by atomic mass is 32.2. The monoisotopic (exact) mass is 563 g/mol. The van der Waals surface area contributed by atoms with Crippen molar-refractivity contribution in [2.75, 3.05) is 10.6 Å². The lowest BCUT2D eigenvalue weighted by molar-refractivity contribution is -0.115. The SMILES string of the molecule is Cc1cccc(/C=C(/NC(=O)c2ccccc2)C(=O)Nc2cccc(SC(C)C(=O)Nc3cccc(C)c3C)c2)c1. The fourth-order valence-corrected chi connectivity index (χ4v) is 5.02. The molecule has 0 bridgehead atoms. The summed E-state index contributed by atoms with van der Waals surface area (Å²) in [4.78, 5) is 40.0. The Labute approximate surface area is 245 Å². The molecule has 4 rings (SSSR count). The van der Waals surface area contributed by atoms with Gasteiger partial charge in [-0.05, 0) is 86.9 Å². The molecule has 0 saturated carbocycles. The second-order valence-corrected chi connectivity index (χ2v) is 11.2. The Morgan fingerprint density at radius 2 is 1.51 bits per heavy atom. The van der Waals surface area contributed by atoms with Crippen LogP contribution in [0.2, 0.25) is 0 Å². The summed E-state index contributed by atoms with van der Waals surface area (Å²) in [6, 6.07) is 29.5. The van der Waals surface area contributed by atoms with E-state index in [0.717, 1.165) is 32.8 Å². The number of anilines is 2. The second kappa shape index (κ2) is 13.6. The first kappa shape index (κ1) is 29.4. The summed E-state index contributed by atoms with van der Waals surface area (Å²) >= 11 is 1.40. The van der Waals surface area contributed by atoms with Gasteiger partial charge in [0.15, 0.2) is 0 Å². The number of amides is 3. The third kappa shape index (κ3) is 8.19. The molecule has 1 unspecified atom stereocenters. The minimum absolute atomic E-state index is 0.106. The van der Waals surface area contributed by atoms with Crippen LogP contribution in [0.4, 0.5) is 11.4 Å². The quantitative estimate of drug-likeness (QED) is 0.149. The van der Waals surface area contributed by atoms with Crippen molar-refractivity contribution in [2.45, 2.75) is 37.8 Å². The van der Waals surface area contributed by atoms with Crippen LogP contribution in [-0.2, 0) is 9.59 Å². The van der Waals surface area contributed by atoms with Crippen LogP contribution in [0.5, 0.6) is 0 Å². The largest absolute Gasteiger partial charge is 0.325 e. The van der Waals surface area contributed by atoms with Crippen LogP contribution in [0.1, 0.15) is 39.5 Å². The van der Waals surface area contributed by atoms with Gasteiger partial charge in [0.25, 0.3) is 11.8 Å². The lowest BCUT2D eigenvalue weighted by Gasteiger charge is -2.15. The van der Waals surface area contributed by atoms with Crippen LogP contribution in [-0.4, -0.2) is 23.0 Å². The number of carbonyl (C=O) groups is 3. The Kier molecular flexibility index (Phi) is 9.77. The zero-order valence-electron chi connectivity index (χ0n) is 23.5. The molecule has 0 aliphatic carbocycles. The molecule has 0 saturated heterocycles. The number of aryl methyl sites for hydroxylation is 2. The first-order valence-electron chi connectivity index (χ1n) is 13.3. The minimum atomic E-state index is -0.460. The van der Waals surface area contributed by atoms with E-state index < -0.39 is 5.91 Å². The van der Waals surface area contributed by atoms with E-state index in [1.807, 2.05) is 94.4 Å². The third-order valence-corrected chi connectivity index (χ3v) is 7.61. The third-order valence-electron chi connectivity index (χ3n) is 6.52. The Bertz CT molecular complexity index is 1600. The number of thioether (sulfide) groups is 1. The van der Waals surface area contributed by atoms with Gasteiger partial charge >= 0.3 is 0 Å². The highest BCUT2D eigenvalue weighted by Gasteiger charge is 2.18. The van der Waals surface area contributed by atoms with Gasteiger partial charge in [-0.15, -0.1) is 11.8 Å². The lowest BCUT2D eigenvalue weighted by Crippen LogP contribution is -2.30. The Morgan fingerprint density at radius 3 is 2.27 bits per heavy atom. The second-order valence-electron chi connectivity index (χ2n) is 9.77. The van der Waals surface area contributed by atoms with Gasteiger partial charge in [0, 0.05) is 21.8 Å². The molecule has 0 heterocycles. The molecule has 3 N–H and O–H groups in total. The fraction of sp³-hybridized carbons (Fsp3) is 0.147. The van der Waals surface area contributed by atoms with Gasteiger partial charge in [0.2, 0.25) is 5.91 Å². The maximum Gasteiger partial charge on any atom is 0.272 e. The first-order chi connectivity index (χ1) is 19.7.